The number of carbonyl (C=O) groups excluding carboxylic acids is 2. The van der Waals surface area contributed by atoms with Gasteiger partial charge in [0.25, 0.3) is 0 Å². The lowest BCUT2D eigenvalue weighted by Crippen LogP contribution is -2.31. The maximum Gasteiger partial charge on any atom is 0.318 e. The van der Waals surface area contributed by atoms with Crippen LogP contribution in [0.1, 0.15) is 33.6 Å². The van der Waals surface area contributed by atoms with E-state index in [-0.39, 0.29) is 15.9 Å². The van der Waals surface area contributed by atoms with Crippen molar-refractivity contribution < 1.29 is 19.1 Å². The molecule has 0 heterocycles. The van der Waals surface area contributed by atoms with Crippen molar-refractivity contribution in [3.63, 3.8) is 0 Å². The summed E-state index contributed by atoms with van der Waals surface area (Å²) < 4.78 is 10.7. The van der Waals surface area contributed by atoms with Gasteiger partial charge in [0.2, 0.25) is 0 Å². The van der Waals surface area contributed by atoms with E-state index in [1.165, 1.54) is 0 Å². The molecule has 0 aliphatic heterocycles. The van der Waals surface area contributed by atoms with Gasteiger partial charge in [-0.15, -0.1) is 0 Å². The van der Waals surface area contributed by atoms with Gasteiger partial charge in [0, 0.05) is 13.1 Å². The van der Waals surface area contributed by atoms with Gasteiger partial charge >= 0.3 is 11.9 Å². The first kappa shape index (κ1) is 25.3. The number of ether oxygens (including phenoxy) is 2. The van der Waals surface area contributed by atoms with E-state index in [2.05, 4.69) is 53.2 Å². The van der Waals surface area contributed by atoms with Crippen molar-refractivity contribution in [3.05, 3.63) is 0 Å². The lowest BCUT2D eigenvalue weighted by atomic mass is 10.2. The van der Waals surface area contributed by atoms with E-state index in [4.69, 9.17) is 9.47 Å². The molecule has 0 aliphatic rings. The zero-order chi connectivity index (χ0) is 19.1. The van der Waals surface area contributed by atoms with E-state index in [1.54, 1.807) is 0 Å². The van der Waals surface area contributed by atoms with Gasteiger partial charge < -0.3 is 19.3 Å². The molecule has 0 radical (unpaired) electrons. The molecule has 0 aromatic rings. The van der Waals surface area contributed by atoms with E-state index >= 15 is 0 Å². The number of hydrogen-bond acceptors (Lipinski definition) is 6. The predicted molar refractivity (Wildman–Crippen MR) is 118 cm³/mol. The quantitative estimate of drug-likeness (QED) is 0.168. The Labute approximate surface area is 179 Å². The first-order chi connectivity index (χ1) is 12.0. The van der Waals surface area contributed by atoms with Crippen molar-refractivity contribution >= 4 is 57.1 Å². The van der Waals surface area contributed by atoms with Gasteiger partial charge in [0.05, 0.1) is 4.43 Å². The second-order valence-corrected chi connectivity index (χ2v) is 7.86. The lowest BCUT2D eigenvalue weighted by Gasteiger charge is -2.21. The van der Waals surface area contributed by atoms with Crippen molar-refractivity contribution in [3.8, 4) is 0 Å². The Hall–Kier alpha value is 0.320. The fourth-order valence-corrected chi connectivity index (χ4v) is 3.11. The minimum Gasteiger partial charge on any atom is -0.464 e. The maximum atomic E-state index is 12.0. The normalized spacial score (nSPS) is 12.4. The Morgan fingerprint density at radius 1 is 0.920 bits per heavy atom. The van der Waals surface area contributed by atoms with E-state index in [1.807, 2.05) is 22.6 Å². The molecule has 0 rings (SSSR count). The number of halogens is 2. The summed E-state index contributed by atoms with van der Waals surface area (Å²) in [6, 6.07) is 0. The summed E-state index contributed by atoms with van der Waals surface area (Å²) in [6.45, 7) is 12.5. The number of nitrogens with zero attached hydrogens (tertiary/aromatic N) is 2. The van der Waals surface area contributed by atoms with Crippen LogP contribution in [0, 0.1) is 0 Å². The van der Waals surface area contributed by atoms with Crippen LogP contribution in [0.25, 0.3) is 0 Å². The second kappa shape index (κ2) is 16.5. The van der Waals surface area contributed by atoms with Gasteiger partial charge in [0.1, 0.15) is 17.1 Å². The Morgan fingerprint density at radius 3 is 2.04 bits per heavy atom. The summed E-state index contributed by atoms with van der Waals surface area (Å²) in [5, 5.41) is 0. The summed E-state index contributed by atoms with van der Waals surface area (Å²) >= 11 is 4.16. The summed E-state index contributed by atoms with van der Waals surface area (Å²) in [4.78, 5) is 27.6. The standard InChI is InChI=1S/C17H32I2N2O4/c1-4-20(5-2)10-13-25-17(23)15(19)8-7-9-21(6-3)11-12-24-16(22)14-18/h15H,4-14H2,1-3H3. The van der Waals surface area contributed by atoms with Crippen LogP contribution in [0.4, 0.5) is 0 Å². The smallest absolute Gasteiger partial charge is 0.318 e. The molecule has 1 atom stereocenters. The molecule has 0 saturated carbocycles. The van der Waals surface area contributed by atoms with Crippen molar-refractivity contribution in [2.45, 2.75) is 37.5 Å². The SMILES string of the molecule is CCN(CC)CCOC(=O)C(I)CCCN(CC)CCOC(=O)CI. The summed E-state index contributed by atoms with van der Waals surface area (Å²) in [5.74, 6) is -0.289. The highest BCUT2D eigenvalue weighted by Crippen LogP contribution is 2.11. The van der Waals surface area contributed by atoms with Gasteiger partial charge in [-0.1, -0.05) is 66.0 Å². The third-order valence-corrected chi connectivity index (χ3v) is 5.71. The minimum atomic E-state index is -0.170. The number of rotatable bonds is 15. The van der Waals surface area contributed by atoms with Gasteiger partial charge in [-0.3, -0.25) is 9.59 Å². The zero-order valence-corrected chi connectivity index (χ0v) is 20.0. The molecule has 0 amide bonds. The van der Waals surface area contributed by atoms with Crippen LogP contribution in [-0.4, -0.2) is 82.6 Å². The zero-order valence-electron chi connectivity index (χ0n) is 15.6. The molecule has 6 nitrogen and oxygen atoms in total. The number of esters is 2. The molecule has 0 aromatic heterocycles. The molecule has 0 saturated heterocycles. The molecule has 8 heteroatoms. The highest BCUT2D eigenvalue weighted by atomic mass is 127. The average molecular weight is 582 g/mol. The third kappa shape index (κ3) is 13.2. The van der Waals surface area contributed by atoms with Crippen molar-refractivity contribution in [2.24, 2.45) is 0 Å². The Bertz CT molecular complexity index is 369. The molecule has 25 heavy (non-hydrogen) atoms. The van der Waals surface area contributed by atoms with Crippen LogP contribution in [0.2, 0.25) is 0 Å². The van der Waals surface area contributed by atoms with Gasteiger partial charge in [-0.05, 0) is 39.0 Å². The fraction of sp³-hybridized carbons (Fsp3) is 0.882. The highest BCUT2D eigenvalue weighted by Gasteiger charge is 2.17. The molecule has 0 spiro atoms. The van der Waals surface area contributed by atoms with Crippen LogP contribution in [0.3, 0.4) is 0 Å². The summed E-state index contributed by atoms with van der Waals surface area (Å²) in [7, 11) is 0. The molecule has 0 N–H and O–H groups in total. The second-order valence-electron chi connectivity index (χ2n) is 5.59. The molecular formula is C17H32I2N2O4. The predicted octanol–water partition coefficient (Wildman–Crippen LogP) is 2.76. The minimum absolute atomic E-state index is 0.107. The lowest BCUT2D eigenvalue weighted by molar-refractivity contribution is -0.143. The topological polar surface area (TPSA) is 59.1 Å². The van der Waals surface area contributed by atoms with Crippen molar-refractivity contribution in [1.82, 2.24) is 9.80 Å². The van der Waals surface area contributed by atoms with Gasteiger partial charge in [-0.25, -0.2) is 0 Å². The number of hydrogen-bond donors (Lipinski definition) is 0. The molecule has 0 aromatic carbocycles. The number of alkyl halides is 2. The fourth-order valence-electron chi connectivity index (χ4n) is 2.27. The molecule has 0 aliphatic carbocycles. The largest absolute Gasteiger partial charge is 0.464 e. The van der Waals surface area contributed by atoms with E-state index in [0.717, 1.165) is 52.1 Å². The van der Waals surface area contributed by atoms with Gasteiger partial charge in [-0.2, -0.15) is 0 Å². The van der Waals surface area contributed by atoms with Crippen molar-refractivity contribution in [2.75, 3.05) is 56.9 Å². The number of likely N-dealkylation sites (N-methyl/N-ethyl adjacent to an activating group) is 2. The van der Waals surface area contributed by atoms with Crippen LogP contribution < -0.4 is 0 Å². The molecule has 148 valence electrons. The highest BCUT2D eigenvalue weighted by molar-refractivity contribution is 14.1. The van der Waals surface area contributed by atoms with E-state index in [0.29, 0.717) is 17.6 Å². The summed E-state index contributed by atoms with van der Waals surface area (Å²) in [6.07, 6.45) is 1.72. The molecule has 0 fully saturated rings. The van der Waals surface area contributed by atoms with Gasteiger partial charge in [0.15, 0.2) is 0 Å². The Kier molecular flexibility index (Phi) is 16.7. The average Bonchev–Trinajstić information content (AvgIpc) is 2.63. The molecule has 0 bridgehead atoms. The third-order valence-electron chi connectivity index (χ3n) is 3.96. The Balaban J connectivity index is 3.88. The van der Waals surface area contributed by atoms with E-state index < -0.39 is 0 Å². The van der Waals surface area contributed by atoms with Crippen LogP contribution in [-0.2, 0) is 19.1 Å². The number of carbonyl (C=O) groups is 2. The van der Waals surface area contributed by atoms with Crippen LogP contribution in [0.5, 0.6) is 0 Å². The maximum absolute atomic E-state index is 12.0. The molecule has 1 unspecified atom stereocenters. The van der Waals surface area contributed by atoms with Crippen LogP contribution in [0.15, 0.2) is 0 Å². The first-order valence-electron chi connectivity index (χ1n) is 8.95. The van der Waals surface area contributed by atoms with Crippen molar-refractivity contribution in [1.29, 1.82) is 0 Å². The summed E-state index contributed by atoms with van der Waals surface area (Å²) in [5.41, 5.74) is 0. The van der Waals surface area contributed by atoms with Crippen LogP contribution >= 0.6 is 45.2 Å². The van der Waals surface area contributed by atoms with E-state index in [9.17, 15) is 9.59 Å². The first-order valence-corrected chi connectivity index (χ1v) is 11.7. The molecular weight excluding hydrogens is 550 g/mol. The monoisotopic (exact) mass is 582 g/mol. The Morgan fingerprint density at radius 2 is 1.48 bits per heavy atom.